The number of amides is 1. The number of hydrogen-bond acceptors (Lipinski definition) is 6. The molecule has 0 fully saturated rings. The van der Waals surface area contributed by atoms with Gasteiger partial charge < -0.3 is 24.6 Å². The molecule has 1 aliphatic heterocycles. The molecule has 1 heterocycles. The molecule has 0 spiro atoms. The summed E-state index contributed by atoms with van der Waals surface area (Å²) in [5.74, 6) is 0.361. The van der Waals surface area contributed by atoms with Crippen LogP contribution >= 0.6 is 0 Å². The lowest BCUT2D eigenvalue weighted by Gasteiger charge is -2.34. The average Bonchev–Trinajstić information content (AvgIpc) is 2.52. The lowest BCUT2D eigenvalue weighted by molar-refractivity contribution is -0.126. The first-order valence-corrected chi connectivity index (χ1v) is 7.04. The average molecular weight is 309 g/mol. The first-order valence-electron chi connectivity index (χ1n) is 7.04. The quantitative estimate of drug-likeness (QED) is 0.737. The molecule has 1 aromatic carbocycles. The van der Waals surface area contributed by atoms with Crippen molar-refractivity contribution in [2.45, 2.75) is 26.1 Å². The van der Waals surface area contributed by atoms with E-state index in [1.807, 2.05) is 0 Å². The number of aldehydes is 1. The molecule has 0 bridgehead atoms. The van der Waals surface area contributed by atoms with Crippen molar-refractivity contribution in [3.8, 4) is 11.5 Å². The number of benzene rings is 1. The van der Waals surface area contributed by atoms with Gasteiger partial charge in [-0.1, -0.05) is 0 Å². The Balaban J connectivity index is 2.53. The van der Waals surface area contributed by atoms with Crippen LogP contribution in [-0.4, -0.2) is 54.4 Å². The Bertz CT molecular complexity index is 573. The van der Waals surface area contributed by atoms with Gasteiger partial charge in [0, 0.05) is 5.56 Å². The molecule has 2 atom stereocenters. The Morgan fingerprint density at radius 1 is 1.50 bits per heavy atom. The maximum atomic E-state index is 12.3. The SMILES string of the molecule is CCOc1cc(C=O)cc2c1OC(C)C(=O)N2CC(O)CO. The van der Waals surface area contributed by atoms with E-state index in [9.17, 15) is 14.7 Å². The zero-order valence-electron chi connectivity index (χ0n) is 12.5. The number of carbonyl (C=O) groups excluding carboxylic acids is 2. The summed E-state index contributed by atoms with van der Waals surface area (Å²) in [6, 6.07) is 3.04. The van der Waals surface area contributed by atoms with Gasteiger partial charge in [-0.2, -0.15) is 0 Å². The number of hydrogen-bond donors (Lipinski definition) is 2. The maximum Gasteiger partial charge on any atom is 0.267 e. The first-order chi connectivity index (χ1) is 10.5. The van der Waals surface area contributed by atoms with Gasteiger partial charge in [-0.05, 0) is 26.0 Å². The molecule has 0 saturated heterocycles. The second kappa shape index (κ2) is 6.76. The molecule has 1 aromatic rings. The second-order valence-electron chi connectivity index (χ2n) is 4.96. The van der Waals surface area contributed by atoms with Crippen LogP contribution in [0.25, 0.3) is 0 Å². The third kappa shape index (κ3) is 3.05. The number of ether oxygens (including phenoxy) is 2. The number of aliphatic hydroxyl groups excluding tert-OH is 2. The van der Waals surface area contributed by atoms with Crippen LogP contribution < -0.4 is 14.4 Å². The zero-order chi connectivity index (χ0) is 16.3. The highest BCUT2D eigenvalue weighted by molar-refractivity contribution is 6.01. The molecule has 0 radical (unpaired) electrons. The molecule has 1 amide bonds. The molecule has 7 heteroatoms. The molecular formula is C15H19NO6. The van der Waals surface area contributed by atoms with Crippen LogP contribution in [0.1, 0.15) is 24.2 Å². The maximum absolute atomic E-state index is 12.3. The number of nitrogens with zero attached hydrogens (tertiary/aromatic N) is 1. The van der Waals surface area contributed by atoms with E-state index < -0.39 is 18.8 Å². The van der Waals surface area contributed by atoms with E-state index in [1.165, 1.54) is 11.0 Å². The number of carbonyl (C=O) groups is 2. The van der Waals surface area contributed by atoms with Gasteiger partial charge in [0.1, 0.15) is 6.29 Å². The minimum absolute atomic E-state index is 0.0933. The molecule has 120 valence electrons. The van der Waals surface area contributed by atoms with Gasteiger partial charge in [0.2, 0.25) is 0 Å². The van der Waals surface area contributed by atoms with E-state index in [2.05, 4.69) is 0 Å². The Morgan fingerprint density at radius 3 is 2.82 bits per heavy atom. The van der Waals surface area contributed by atoms with Crippen LogP contribution in [0.3, 0.4) is 0 Å². The smallest absolute Gasteiger partial charge is 0.267 e. The van der Waals surface area contributed by atoms with Crippen molar-refractivity contribution in [1.82, 2.24) is 0 Å². The third-order valence-corrected chi connectivity index (χ3v) is 3.30. The van der Waals surface area contributed by atoms with Crippen LogP contribution in [-0.2, 0) is 4.79 Å². The van der Waals surface area contributed by atoms with Crippen molar-refractivity contribution in [3.63, 3.8) is 0 Å². The van der Waals surface area contributed by atoms with Crippen molar-refractivity contribution >= 4 is 17.9 Å². The van der Waals surface area contributed by atoms with E-state index in [0.29, 0.717) is 35.6 Å². The summed E-state index contributed by atoms with van der Waals surface area (Å²) in [6.07, 6.45) is -1.19. The fourth-order valence-corrected chi connectivity index (χ4v) is 2.28. The minimum atomic E-state index is -1.09. The molecule has 2 rings (SSSR count). The van der Waals surface area contributed by atoms with Crippen LogP contribution in [0.5, 0.6) is 11.5 Å². The lowest BCUT2D eigenvalue weighted by atomic mass is 10.1. The summed E-state index contributed by atoms with van der Waals surface area (Å²) in [6.45, 7) is 3.20. The van der Waals surface area contributed by atoms with Crippen molar-refractivity contribution < 1.29 is 29.3 Å². The molecule has 0 saturated carbocycles. The lowest BCUT2D eigenvalue weighted by Crippen LogP contribution is -2.48. The highest BCUT2D eigenvalue weighted by Gasteiger charge is 2.35. The monoisotopic (exact) mass is 309 g/mol. The normalized spacial score (nSPS) is 18.5. The van der Waals surface area contributed by atoms with Gasteiger partial charge in [0.15, 0.2) is 17.6 Å². The van der Waals surface area contributed by atoms with Crippen molar-refractivity contribution in [3.05, 3.63) is 17.7 Å². The van der Waals surface area contributed by atoms with Crippen molar-refractivity contribution in [2.75, 3.05) is 24.7 Å². The molecule has 22 heavy (non-hydrogen) atoms. The minimum Gasteiger partial charge on any atom is -0.490 e. The number of β-amino-alcohol motifs (C(OH)–C–C–N with tert-alkyl or cyclic N) is 1. The summed E-state index contributed by atoms with van der Waals surface area (Å²) >= 11 is 0. The highest BCUT2D eigenvalue weighted by Crippen LogP contribution is 2.42. The van der Waals surface area contributed by atoms with E-state index in [1.54, 1.807) is 19.9 Å². The molecule has 7 nitrogen and oxygen atoms in total. The molecule has 1 aliphatic rings. The van der Waals surface area contributed by atoms with E-state index in [4.69, 9.17) is 14.6 Å². The molecule has 0 aromatic heterocycles. The van der Waals surface area contributed by atoms with Gasteiger partial charge >= 0.3 is 0 Å². The van der Waals surface area contributed by atoms with Crippen LogP contribution in [0.2, 0.25) is 0 Å². The fraction of sp³-hybridized carbons (Fsp3) is 0.467. The van der Waals surface area contributed by atoms with Crippen LogP contribution in [0.15, 0.2) is 12.1 Å². The predicted molar refractivity (Wildman–Crippen MR) is 78.5 cm³/mol. The van der Waals surface area contributed by atoms with Gasteiger partial charge in [-0.25, -0.2) is 0 Å². The zero-order valence-corrected chi connectivity index (χ0v) is 12.5. The molecule has 0 aliphatic carbocycles. The Labute approximate surface area is 128 Å². The van der Waals surface area contributed by atoms with E-state index >= 15 is 0 Å². The standard InChI is InChI=1S/C15H19NO6/c1-3-21-13-5-10(7-17)4-12-14(13)22-9(2)15(20)16(12)6-11(19)8-18/h4-5,7,9,11,18-19H,3,6,8H2,1-2H3. The summed E-state index contributed by atoms with van der Waals surface area (Å²) in [7, 11) is 0. The Kier molecular flexibility index (Phi) is 4.99. The summed E-state index contributed by atoms with van der Waals surface area (Å²) in [4.78, 5) is 24.7. The molecule has 2 unspecified atom stereocenters. The van der Waals surface area contributed by atoms with Gasteiger partial charge in [0.25, 0.3) is 5.91 Å². The number of anilines is 1. The molecule has 2 N–H and O–H groups in total. The second-order valence-corrected chi connectivity index (χ2v) is 4.96. The van der Waals surface area contributed by atoms with Crippen LogP contribution in [0, 0.1) is 0 Å². The number of fused-ring (bicyclic) bond motifs is 1. The van der Waals surface area contributed by atoms with Crippen LogP contribution in [0.4, 0.5) is 5.69 Å². The van der Waals surface area contributed by atoms with Gasteiger partial charge in [-0.3, -0.25) is 9.59 Å². The summed E-state index contributed by atoms with van der Waals surface area (Å²) < 4.78 is 11.1. The topological polar surface area (TPSA) is 96.3 Å². The van der Waals surface area contributed by atoms with Gasteiger partial charge in [0.05, 0.1) is 31.5 Å². The van der Waals surface area contributed by atoms with Gasteiger partial charge in [-0.15, -0.1) is 0 Å². The largest absolute Gasteiger partial charge is 0.490 e. The van der Waals surface area contributed by atoms with E-state index in [-0.39, 0.29) is 12.5 Å². The van der Waals surface area contributed by atoms with Crippen molar-refractivity contribution in [2.24, 2.45) is 0 Å². The highest BCUT2D eigenvalue weighted by atomic mass is 16.5. The molecular weight excluding hydrogens is 290 g/mol. The number of aliphatic hydroxyl groups is 2. The predicted octanol–water partition coefficient (Wildman–Crippen LogP) is 0.365. The van der Waals surface area contributed by atoms with E-state index in [0.717, 1.165) is 0 Å². The fourth-order valence-electron chi connectivity index (χ4n) is 2.28. The Morgan fingerprint density at radius 2 is 2.23 bits per heavy atom. The van der Waals surface area contributed by atoms with Crippen molar-refractivity contribution in [1.29, 1.82) is 0 Å². The Hall–Kier alpha value is -2.12. The summed E-state index contributed by atoms with van der Waals surface area (Å²) in [5.41, 5.74) is 0.681. The first kappa shape index (κ1) is 16.3. The third-order valence-electron chi connectivity index (χ3n) is 3.30. The summed E-state index contributed by atoms with van der Waals surface area (Å²) in [5, 5.41) is 18.7. The number of rotatable bonds is 6.